The predicted molar refractivity (Wildman–Crippen MR) is 73.5 cm³/mol. The van der Waals surface area contributed by atoms with Crippen molar-refractivity contribution in [1.82, 2.24) is 10.6 Å². The van der Waals surface area contributed by atoms with Gasteiger partial charge in [-0.15, -0.1) is 13.2 Å². The van der Waals surface area contributed by atoms with Gasteiger partial charge in [0.2, 0.25) is 0 Å². The van der Waals surface area contributed by atoms with Crippen LogP contribution in [0.4, 0.5) is 0 Å². The zero-order valence-electron chi connectivity index (χ0n) is 11.3. The fourth-order valence-corrected chi connectivity index (χ4v) is 3.52. The summed E-state index contributed by atoms with van der Waals surface area (Å²) in [7, 11) is 0. The van der Waals surface area contributed by atoms with E-state index in [9.17, 15) is 9.59 Å². The zero-order chi connectivity index (χ0) is 14.3. The molecule has 0 aliphatic carbocycles. The van der Waals surface area contributed by atoms with E-state index in [1.54, 1.807) is 6.08 Å². The van der Waals surface area contributed by atoms with Gasteiger partial charge in [-0.1, -0.05) is 12.2 Å². The molecule has 0 aromatic heterocycles. The highest BCUT2D eigenvalue weighted by molar-refractivity contribution is 6.19. The molecule has 2 amide bonds. The fourth-order valence-electron chi connectivity index (χ4n) is 3.52. The van der Waals surface area contributed by atoms with Gasteiger partial charge in [0.1, 0.15) is 5.60 Å². The molecule has 3 unspecified atom stereocenters. The number of nitrogens with one attached hydrogen (secondary N) is 2. The van der Waals surface area contributed by atoms with Crippen molar-refractivity contribution in [3.05, 3.63) is 36.6 Å². The minimum atomic E-state index is -0.564. The first-order valence-electron chi connectivity index (χ1n) is 6.85. The minimum absolute atomic E-state index is 0.189. The van der Waals surface area contributed by atoms with E-state index in [0.717, 1.165) is 19.4 Å². The molecule has 2 N–H and O–H groups in total. The SMILES string of the molecule is C=CCC1CNC2C3=C(OC2(CC=C)C1)C(=O)NC3=O. The van der Waals surface area contributed by atoms with Crippen molar-refractivity contribution in [1.29, 1.82) is 0 Å². The van der Waals surface area contributed by atoms with E-state index in [4.69, 9.17) is 4.74 Å². The van der Waals surface area contributed by atoms with Crippen molar-refractivity contribution in [2.75, 3.05) is 6.54 Å². The molecule has 0 saturated carbocycles. The molecule has 106 valence electrons. The largest absolute Gasteiger partial charge is 0.479 e. The molecule has 3 heterocycles. The smallest absolute Gasteiger partial charge is 0.293 e. The lowest BCUT2D eigenvalue weighted by molar-refractivity contribution is -0.130. The summed E-state index contributed by atoms with van der Waals surface area (Å²) in [6, 6.07) is -0.233. The van der Waals surface area contributed by atoms with Crippen molar-refractivity contribution < 1.29 is 14.3 Å². The second kappa shape index (κ2) is 4.59. The maximum atomic E-state index is 11.9. The Morgan fingerprint density at radius 3 is 2.80 bits per heavy atom. The molecule has 0 aromatic carbocycles. The summed E-state index contributed by atoms with van der Waals surface area (Å²) in [6.45, 7) is 8.34. The maximum Gasteiger partial charge on any atom is 0.293 e. The van der Waals surface area contributed by atoms with Crippen LogP contribution in [0, 0.1) is 5.92 Å². The number of rotatable bonds is 4. The Morgan fingerprint density at radius 1 is 1.30 bits per heavy atom. The molecule has 0 spiro atoms. The molecule has 3 aliphatic rings. The average Bonchev–Trinajstić information content (AvgIpc) is 2.86. The minimum Gasteiger partial charge on any atom is -0.479 e. The van der Waals surface area contributed by atoms with Crippen LogP contribution in [0.1, 0.15) is 19.3 Å². The molecule has 5 heteroatoms. The van der Waals surface area contributed by atoms with Gasteiger partial charge in [0.25, 0.3) is 11.8 Å². The van der Waals surface area contributed by atoms with Gasteiger partial charge >= 0.3 is 0 Å². The molecule has 0 radical (unpaired) electrons. The van der Waals surface area contributed by atoms with Gasteiger partial charge in [-0.05, 0) is 25.3 Å². The number of hydrogen-bond acceptors (Lipinski definition) is 4. The summed E-state index contributed by atoms with van der Waals surface area (Å²) in [5.41, 5.74) is -0.111. The summed E-state index contributed by atoms with van der Waals surface area (Å²) in [5, 5.41) is 5.66. The summed E-state index contributed by atoms with van der Waals surface area (Å²) in [4.78, 5) is 23.7. The third kappa shape index (κ3) is 1.73. The van der Waals surface area contributed by atoms with Crippen LogP contribution in [0.25, 0.3) is 0 Å². The van der Waals surface area contributed by atoms with E-state index in [-0.39, 0.29) is 17.7 Å². The highest BCUT2D eigenvalue weighted by Crippen LogP contribution is 2.45. The molecule has 0 bridgehead atoms. The fraction of sp³-hybridized carbons (Fsp3) is 0.467. The molecule has 5 nitrogen and oxygen atoms in total. The number of hydrogen-bond donors (Lipinski definition) is 2. The van der Waals surface area contributed by atoms with Crippen LogP contribution >= 0.6 is 0 Å². The van der Waals surface area contributed by atoms with Crippen LogP contribution in [0.3, 0.4) is 0 Å². The van der Waals surface area contributed by atoms with Gasteiger partial charge in [-0.25, -0.2) is 0 Å². The number of imide groups is 1. The average molecular weight is 274 g/mol. The molecule has 1 saturated heterocycles. The molecule has 3 aliphatic heterocycles. The lowest BCUT2D eigenvalue weighted by Crippen LogP contribution is -2.58. The normalized spacial score (nSPS) is 35.2. The van der Waals surface area contributed by atoms with Gasteiger partial charge in [0, 0.05) is 6.42 Å². The lowest BCUT2D eigenvalue weighted by Gasteiger charge is -2.43. The topological polar surface area (TPSA) is 67.4 Å². The zero-order valence-corrected chi connectivity index (χ0v) is 11.3. The number of piperidine rings is 1. The molecule has 20 heavy (non-hydrogen) atoms. The van der Waals surface area contributed by atoms with Crippen LogP contribution in [-0.2, 0) is 14.3 Å². The number of amides is 2. The molecule has 1 fully saturated rings. The molecular weight excluding hydrogens is 256 g/mol. The number of fused-ring (bicyclic) bond motifs is 2. The first-order chi connectivity index (χ1) is 9.61. The first-order valence-corrected chi connectivity index (χ1v) is 6.85. The third-order valence-corrected chi connectivity index (χ3v) is 4.28. The monoisotopic (exact) mass is 274 g/mol. The summed E-state index contributed by atoms with van der Waals surface area (Å²) in [6.07, 6.45) is 5.95. The Morgan fingerprint density at radius 2 is 2.10 bits per heavy atom. The number of allylic oxidation sites excluding steroid dienone is 1. The second-order valence-corrected chi connectivity index (χ2v) is 5.62. The standard InChI is InChI=1S/C15H18N2O3/c1-3-5-9-7-15(6-4-2)12(16-8-9)10-11(20-15)14(19)17-13(10)18/h3-4,9,12,16H,1-2,5-8H2,(H,17,18,19). The van der Waals surface area contributed by atoms with Crippen molar-refractivity contribution in [3.8, 4) is 0 Å². The summed E-state index contributed by atoms with van der Waals surface area (Å²) >= 11 is 0. The summed E-state index contributed by atoms with van der Waals surface area (Å²) in [5.74, 6) is -0.184. The predicted octanol–water partition coefficient (Wildman–Crippen LogP) is 0.796. The number of ether oxygens (including phenoxy) is 1. The van der Waals surface area contributed by atoms with E-state index < -0.39 is 11.5 Å². The van der Waals surface area contributed by atoms with Crippen LogP contribution in [0.15, 0.2) is 36.6 Å². The Bertz CT molecular complexity index is 537. The van der Waals surface area contributed by atoms with E-state index in [2.05, 4.69) is 23.8 Å². The van der Waals surface area contributed by atoms with E-state index in [1.165, 1.54) is 0 Å². The quantitative estimate of drug-likeness (QED) is 0.588. The summed E-state index contributed by atoms with van der Waals surface area (Å²) < 4.78 is 5.96. The number of carbonyl (C=O) groups is 2. The Kier molecular flexibility index (Phi) is 3.01. The van der Waals surface area contributed by atoms with Crippen LogP contribution < -0.4 is 10.6 Å². The lowest BCUT2D eigenvalue weighted by atomic mass is 9.76. The van der Waals surface area contributed by atoms with Crippen LogP contribution in [0.5, 0.6) is 0 Å². The molecule has 3 rings (SSSR count). The van der Waals surface area contributed by atoms with Crippen molar-refractivity contribution in [3.63, 3.8) is 0 Å². The van der Waals surface area contributed by atoms with Gasteiger partial charge in [0.15, 0.2) is 5.76 Å². The van der Waals surface area contributed by atoms with Crippen LogP contribution in [0.2, 0.25) is 0 Å². The second-order valence-electron chi connectivity index (χ2n) is 5.62. The van der Waals surface area contributed by atoms with Gasteiger partial charge in [-0.2, -0.15) is 0 Å². The van der Waals surface area contributed by atoms with Crippen molar-refractivity contribution >= 4 is 11.8 Å². The Labute approximate surface area is 117 Å². The van der Waals surface area contributed by atoms with Crippen molar-refractivity contribution in [2.24, 2.45) is 5.92 Å². The van der Waals surface area contributed by atoms with Gasteiger partial charge < -0.3 is 10.1 Å². The third-order valence-electron chi connectivity index (χ3n) is 4.28. The highest BCUT2D eigenvalue weighted by Gasteiger charge is 2.57. The van der Waals surface area contributed by atoms with Gasteiger partial charge in [0.05, 0.1) is 11.6 Å². The Balaban J connectivity index is 1.93. The Hall–Kier alpha value is -1.88. The maximum absolute atomic E-state index is 11.9. The van der Waals surface area contributed by atoms with Crippen LogP contribution in [-0.4, -0.2) is 30.0 Å². The van der Waals surface area contributed by atoms with E-state index in [0.29, 0.717) is 17.9 Å². The van der Waals surface area contributed by atoms with Crippen molar-refractivity contribution in [2.45, 2.75) is 30.9 Å². The van der Waals surface area contributed by atoms with E-state index in [1.807, 2.05) is 6.08 Å². The highest BCUT2D eigenvalue weighted by atomic mass is 16.5. The molecular formula is C15H18N2O3. The molecule has 3 atom stereocenters. The number of carbonyl (C=O) groups excluding carboxylic acids is 2. The van der Waals surface area contributed by atoms with E-state index >= 15 is 0 Å². The molecule has 0 aromatic rings. The van der Waals surface area contributed by atoms with Gasteiger partial charge in [-0.3, -0.25) is 14.9 Å². The first kappa shape index (κ1) is 13.1.